The standard InChI is InChI=1S/C14H13ClN2O2S/c15-11-5-3-10(4-6-11)7-8-16-14(19)17-13(18)12-2-1-9-20-12/h1-6,9H,7-8H2,(H2,16,17,18,19). The van der Waals surface area contributed by atoms with Crippen molar-refractivity contribution in [3.8, 4) is 0 Å². The Morgan fingerprint density at radius 2 is 1.90 bits per heavy atom. The fourth-order valence-electron chi connectivity index (χ4n) is 1.59. The summed E-state index contributed by atoms with van der Waals surface area (Å²) in [6.07, 6.45) is 0.678. The molecule has 2 N–H and O–H groups in total. The number of benzene rings is 1. The molecule has 104 valence electrons. The number of hydrogen-bond acceptors (Lipinski definition) is 3. The summed E-state index contributed by atoms with van der Waals surface area (Å²) in [6, 6.07) is 10.3. The summed E-state index contributed by atoms with van der Waals surface area (Å²) in [5, 5.41) is 7.38. The molecule has 4 nitrogen and oxygen atoms in total. The third-order valence-electron chi connectivity index (χ3n) is 2.58. The van der Waals surface area contributed by atoms with Gasteiger partial charge in [-0.15, -0.1) is 11.3 Å². The van der Waals surface area contributed by atoms with Gasteiger partial charge in [-0.3, -0.25) is 10.1 Å². The molecule has 20 heavy (non-hydrogen) atoms. The molecule has 1 heterocycles. The molecular weight excluding hydrogens is 296 g/mol. The predicted molar refractivity (Wildman–Crippen MR) is 80.3 cm³/mol. The van der Waals surface area contributed by atoms with Gasteiger partial charge in [0.25, 0.3) is 5.91 Å². The Bertz CT molecular complexity index is 582. The van der Waals surface area contributed by atoms with Crippen LogP contribution in [0.25, 0.3) is 0 Å². The van der Waals surface area contributed by atoms with E-state index in [1.54, 1.807) is 29.6 Å². The van der Waals surface area contributed by atoms with Crippen LogP contribution in [0, 0.1) is 0 Å². The highest BCUT2D eigenvalue weighted by Gasteiger charge is 2.10. The Balaban J connectivity index is 1.73. The highest BCUT2D eigenvalue weighted by Crippen LogP contribution is 2.09. The smallest absolute Gasteiger partial charge is 0.321 e. The number of hydrogen-bond donors (Lipinski definition) is 2. The summed E-state index contributed by atoms with van der Waals surface area (Å²) in [4.78, 5) is 23.7. The van der Waals surface area contributed by atoms with Crippen molar-refractivity contribution in [2.24, 2.45) is 0 Å². The van der Waals surface area contributed by atoms with Crippen LogP contribution in [0.2, 0.25) is 5.02 Å². The lowest BCUT2D eigenvalue weighted by atomic mass is 10.1. The molecule has 0 aliphatic heterocycles. The van der Waals surface area contributed by atoms with E-state index >= 15 is 0 Å². The van der Waals surface area contributed by atoms with Crippen LogP contribution in [0.4, 0.5) is 4.79 Å². The van der Waals surface area contributed by atoms with Gasteiger partial charge in [-0.25, -0.2) is 4.79 Å². The van der Waals surface area contributed by atoms with Gasteiger partial charge in [-0.05, 0) is 35.6 Å². The van der Waals surface area contributed by atoms with Crippen molar-refractivity contribution in [1.29, 1.82) is 0 Å². The maximum Gasteiger partial charge on any atom is 0.321 e. The van der Waals surface area contributed by atoms with Crippen LogP contribution >= 0.6 is 22.9 Å². The third-order valence-corrected chi connectivity index (χ3v) is 3.71. The van der Waals surface area contributed by atoms with Crippen molar-refractivity contribution in [3.05, 3.63) is 57.2 Å². The monoisotopic (exact) mass is 308 g/mol. The first-order valence-electron chi connectivity index (χ1n) is 6.02. The number of imide groups is 1. The normalized spacial score (nSPS) is 10.1. The molecule has 0 atom stereocenters. The summed E-state index contributed by atoms with van der Waals surface area (Å²) in [5.74, 6) is -0.385. The van der Waals surface area contributed by atoms with Crippen molar-refractivity contribution < 1.29 is 9.59 Å². The van der Waals surface area contributed by atoms with Gasteiger partial charge in [0.15, 0.2) is 0 Å². The minimum Gasteiger partial charge on any atom is -0.337 e. The summed E-state index contributed by atoms with van der Waals surface area (Å²) in [7, 11) is 0. The zero-order valence-electron chi connectivity index (χ0n) is 10.6. The zero-order chi connectivity index (χ0) is 14.4. The molecule has 2 aromatic rings. The van der Waals surface area contributed by atoms with E-state index in [9.17, 15) is 9.59 Å². The van der Waals surface area contributed by atoms with Crippen molar-refractivity contribution in [2.75, 3.05) is 6.54 Å². The molecule has 0 bridgehead atoms. The predicted octanol–water partition coefficient (Wildman–Crippen LogP) is 3.08. The molecule has 0 unspecified atom stereocenters. The lowest BCUT2D eigenvalue weighted by molar-refractivity contribution is 0.0968. The molecule has 0 aliphatic rings. The van der Waals surface area contributed by atoms with Crippen molar-refractivity contribution >= 4 is 34.9 Å². The summed E-state index contributed by atoms with van der Waals surface area (Å²) in [5.41, 5.74) is 1.07. The third kappa shape index (κ3) is 4.36. The first kappa shape index (κ1) is 14.6. The van der Waals surface area contributed by atoms with Gasteiger partial charge in [-0.1, -0.05) is 29.8 Å². The Morgan fingerprint density at radius 3 is 2.55 bits per heavy atom. The molecule has 0 radical (unpaired) electrons. The SMILES string of the molecule is O=C(NCCc1ccc(Cl)cc1)NC(=O)c1cccs1. The maximum atomic E-state index is 11.6. The molecule has 3 amide bonds. The molecule has 6 heteroatoms. The molecular formula is C14H13ClN2O2S. The number of rotatable bonds is 4. The fourth-order valence-corrected chi connectivity index (χ4v) is 2.33. The number of urea groups is 1. The van der Waals surface area contributed by atoms with Crippen molar-refractivity contribution in [1.82, 2.24) is 10.6 Å². The van der Waals surface area contributed by atoms with Gasteiger partial charge in [0, 0.05) is 11.6 Å². The van der Waals surface area contributed by atoms with Gasteiger partial charge in [0.1, 0.15) is 0 Å². The van der Waals surface area contributed by atoms with E-state index in [2.05, 4.69) is 10.6 Å². The van der Waals surface area contributed by atoms with Gasteiger partial charge >= 0.3 is 6.03 Å². The first-order chi connectivity index (χ1) is 9.65. The van der Waals surface area contributed by atoms with Crippen LogP contribution in [0.15, 0.2) is 41.8 Å². The number of carbonyl (C=O) groups excluding carboxylic acids is 2. The number of nitrogens with one attached hydrogen (secondary N) is 2. The lowest BCUT2D eigenvalue weighted by Crippen LogP contribution is -2.40. The fraction of sp³-hybridized carbons (Fsp3) is 0.143. The second-order valence-electron chi connectivity index (χ2n) is 4.06. The van der Waals surface area contributed by atoms with Crippen LogP contribution in [0.5, 0.6) is 0 Å². The van der Waals surface area contributed by atoms with Gasteiger partial charge < -0.3 is 5.32 Å². The van der Waals surface area contributed by atoms with Gasteiger partial charge in [-0.2, -0.15) is 0 Å². The Morgan fingerprint density at radius 1 is 1.15 bits per heavy atom. The van der Waals surface area contributed by atoms with E-state index in [4.69, 9.17) is 11.6 Å². The minimum absolute atomic E-state index is 0.385. The van der Waals surface area contributed by atoms with Gasteiger partial charge in [0.05, 0.1) is 4.88 Å². The van der Waals surface area contributed by atoms with Crippen molar-refractivity contribution in [3.63, 3.8) is 0 Å². The quantitative estimate of drug-likeness (QED) is 0.912. The van der Waals surface area contributed by atoms with Crippen LogP contribution < -0.4 is 10.6 Å². The van der Waals surface area contributed by atoms with Crippen LogP contribution in [-0.2, 0) is 6.42 Å². The average Bonchev–Trinajstić information content (AvgIpc) is 2.95. The summed E-state index contributed by atoms with van der Waals surface area (Å²) < 4.78 is 0. The highest BCUT2D eigenvalue weighted by molar-refractivity contribution is 7.12. The number of halogens is 1. The first-order valence-corrected chi connectivity index (χ1v) is 7.28. The topological polar surface area (TPSA) is 58.2 Å². The van der Waals surface area contributed by atoms with E-state index in [0.29, 0.717) is 22.9 Å². The largest absolute Gasteiger partial charge is 0.337 e. The average molecular weight is 309 g/mol. The summed E-state index contributed by atoms with van der Waals surface area (Å²) >= 11 is 7.08. The zero-order valence-corrected chi connectivity index (χ0v) is 12.1. The van der Waals surface area contributed by atoms with Crippen molar-refractivity contribution in [2.45, 2.75) is 6.42 Å². The lowest BCUT2D eigenvalue weighted by Gasteiger charge is -2.06. The maximum absolute atomic E-state index is 11.6. The molecule has 0 saturated heterocycles. The number of amides is 3. The van der Waals surface area contributed by atoms with E-state index < -0.39 is 6.03 Å². The molecule has 2 rings (SSSR count). The Labute approximate surface area is 125 Å². The molecule has 0 fully saturated rings. The molecule has 1 aromatic carbocycles. The van der Waals surface area contributed by atoms with E-state index in [-0.39, 0.29) is 5.91 Å². The van der Waals surface area contributed by atoms with Crippen LogP contribution in [0.1, 0.15) is 15.2 Å². The van der Waals surface area contributed by atoms with E-state index in [1.165, 1.54) is 11.3 Å². The molecule has 1 aromatic heterocycles. The number of thiophene rings is 1. The molecule has 0 spiro atoms. The minimum atomic E-state index is -0.489. The second kappa shape index (κ2) is 7.07. The second-order valence-corrected chi connectivity index (χ2v) is 5.45. The Hall–Kier alpha value is -1.85. The summed E-state index contributed by atoms with van der Waals surface area (Å²) in [6.45, 7) is 0.450. The molecule has 0 saturated carbocycles. The Kier molecular flexibility index (Phi) is 5.15. The van der Waals surface area contributed by atoms with Gasteiger partial charge in [0.2, 0.25) is 0 Å². The van der Waals surface area contributed by atoms with E-state index in [1.807, 2.05) is 12.1 Å². The van der Waals surface area contributed by atoms with Crippen LogP contribution in [-0.4, -0.2) is 18.5 Å². The van der Waals surface area contributed by atoms with Crippen LogP contribution in [0.3, 0.4) is 0 Å². The molecule has 0 aliphatic carbocycles. The highest BCUT2D eigenvalue weighted by atomic mass is 35.5. The number of carbonyl (C=O) groups is 2. The van der Waals surface area contributed by atoms with E-state index in [0.717, 1.165) is 5.56 Å².